The Labute approximate surface area is 209 Å². The van der Waals surface area contributed by atoms with Gasteiger partial charge in [-0.05, 0) is 67.4 Å². The molecule has 3 aromatic rings. The van der Waals surface area contributed by atoms with Crippen molar-refractivity contribution in [1.82, 2.24) is 0 Å². The number of anilines is 2. The van der Waals surface area contributed by atoms with Crippen molar-refractivity contribution in [3.8, 4) is 11.5 Å². The lowest BCUT2D eigenvalue weighted by atomic mass is 10.2. The molecule has 0 saturated heterocycles. The minimum atomic E-state index is -4.25. The van der Waals surface area contributed by atoms with Crippen LogP contribution < -0.4 is 19.1 Å². The molecule has 0 spiro atoms. The number of rotatable bonds is 8. The summed E-state index contributed by atoms with van der Waals surface area (Å²) in [5.41, 5.74) is 2.20. The van der Waals surface area contributed by atoms with Crippen LogP contribution in [0.3, 0.4) is 0 Å². The molecule has 0 fully saturated rings. The maximum Gasteiger partial charge on any atom is 0.268 e. The first-order valence-corrected chi connectivity index (χ1v) is 12.3. The summed E-state index contributed by atoms with van der Waals surface area (Å²) in [4.78, 5) is 13.0. The molecule has 10 heteroatoms. The van der Waals surface area contributed by atoms with Crippen molar-refractivity contribution >= 4 is 50.5 Å². The Kier molecular flexibility index (Phi) is 7.97. The van der Waals surface area contributed by atoms with E-state index in [0.29, 0.717) is 17.0 Å². The molecule has 180 valence electrons. The number of amides is 1. The van der Waals surface area contributed by atoms with E-state index >= 15 is 0 Å². The normalized spacial score (nSPS) is 11.1. The van der Waals surface area contributed by atoms with Gasteiger partial charge in [0.15, 0.2) is 0 Å². The number of nitrogens with zero attached hydrogens (tertiary/aromatic N) is 1. The number of sulfonamides is 1. The van der Waals surface area contributed by atoms with Gasteiger partial charge in [0.25, 0.3) is 10.0 Å². The first-order chi connectivity index (χ1) is 16.1. The van der Waals surface area contributed by atoms with Crippen molar-refractivity contribution < 1.29 is 22.7 Å². The van der Waals surface area contributed by atoms with Crippen molar-refractivity contribution in [3.05, 3.63) is 75.8 Å². The Morgan fingerprint density at radius 2 is 1.50 bits per heavy atom. The molecule has 0 unspecified atom stereocenters. The molecular formula is C24H24Cl2N2O5S. The fourth-order valence-electron chi connectivity index (χ4n) is 3.30. The summed E-state index contributed by atoms with van der Waals surface area (Å²) in [6.07, 6.45) is 0. The van der Waals surface area contributed by atoms with Crippen LogP contribution in [0.25, 0.3) is 0 Å². The zero-order valence-electron chi connectivity index (χ0n) is 19.1. The predicted molar refractivity (Wildman–Crippen MR) is 135 cm³/mol. The molecule has 1 amide bonds. The zero-order valence-corrected chi connectivity index (χ0v) is 21.4. The molecule has 0 heterocycles. The second kappa shape index (κ2) is 10.5. The summed E-state index contributed by atoms with van der Waals surface area (Å²) in [6, 6.07) is 14.4. The molecule has 0 aliphatic heterocycles. The van der Waals surface area contributed by atoms with E-state index in [1.165, 1.54) is 38.5 Å². The maximum atomic E-state index is 13.8. The minimum Gasteiger partial charge on any atom is -0.495 e. The monoisotopic (exact) mass is 522 g/mol. The van der Waals surface area contributed by atoms with Gasteiger partial charge in [-0.3, -0.25) is 9.10 Å². The third kappa shape index (κ3) is 5.58. The number of carbonyl (C=O) groups excluding carboxylic acids is 1. The predicted octanol–water partition coefficient (Wildman–Crippen LogP) is 5.46. The molecule has 34 heavy (non-hydrogen) atoms. The van der Waals surface area contributed by atoms with Gasteiger partial charge in [0.2, 0.25) is 5.91 Å². The summed E-state index contributed by atoms with van der Waals surface area (Å²) in [5, 5.41) is 3.14. The SMILES string of the molecule is COc1ccc(C)cc1NC(=O)CN(c1ccc(Cl)c(Cl)c1)S(=O)(=O)c1cc(C)ccc1OC. The van der Waals surface area contributed by atoms with Gasteiger partial charge in [0.1, 0.15) is 22.9 Å². The standard InChI is InChI=1S/C24H24Cl2N2O5S/c1-15-5-9-21(32-3)20(11-15)27-24(29)14-28(17-7-8-18(25)19(26)13-17)34(30,31)23-12-16(2)6-10-22(23)33-4/h5-13H,14H2,1-4H3,(H,27,29). The molecule has 0 atom stereocenters. The fourth-order valence-corrected chi connectivity index (χ4v) is 5.25. The summed E-state index contributed by atoms with van der Waals surface area (Å²) in [6.45, 7) is 3.10. The summed E-state index contributed by atoms with van der Waals surface area (Å²) < 4.78 is 39.1. The van der Waals surface area contributed by atoms with E-state index in [2.05, 4.69) is 5.32 Å². The Morgan fingerprint density at radius 1 is 0.882 bits per heavy atom. The van der Waals surface area contributed by atoms with E-state index in [1.54, 1.807) is 31.2 Å². The lowest BCUT2D eigenvalue weighted by Crippen LogP contribution is -2.38. The minimum absolute atomic E-state index is 0.0815. The van der Waals surface area contributed by atoms with Crippen LogP contribution in [0.15, 0.2) is 59.5 Å². The molecule has 0 bridgehead atoms. The average molecular weight is 523 g/mol. The van der Waals surface area contributed by atoms with E-state index in [0.717, 1.165) is 9.87 Å². The second-order valence-electron chi connectivity index (χ2n) is 7.52. The van der Waals surface area contributed by atoms with Gasteiger partial charge in [-0.15, -0.1) is 0 Å². The van der Waals surface area contributed by atoms with Crippen molar-refractivity contribution in [2.24, 2.45) is 0 Å². The number of nitrogens with one attached hydrogen (secondary N) is 1. The molecule has 0 aromatic heterocycles. The van der Waals surface area contributed by atoms with Crippen LogP contribution in [0.5, 0.6) is 11.5 Å². The number of aryl methyl sites for hydroxylation is 2. The Morgan fingerprint density at radius 3 is 2.12 bits per heavy atom. The molecule has 0 aliphatic carbocycles. The van der Waals surface area contributed by atoms with E-state index in [4.69, 9.17) is 32.7 Å². The van der Waals surface area contributed by atoms with Crippen molar-refractivity contribution in [3.63, 3.8) is 0 Å². The van der Waals surface area contributed by atoms with Gasteiger partial charge >= 0.3 is 0 Å². The van der Waals surface area contributed by atoms with Crippen molar-refractivity contribution in [2.45, 2.75) is 18.7 Å². The van der Waals surface area contributed by atoms with E-state index in [9.17, 15) is 13.2 Å². The number of benzene rings is 3. The summed E-state index contributed by atoms with van der Waals surface area (Å²) in [5.74, 6) is 0.0184. The first-order valence-electron chi connectivity index (χ1n) is 10.1. The fraction of sp³-hybridized carbons (Fsp3) is 0.208. The highest BCUT2D eigenvalue weighted by molar-refractivity contribution is 7.93. The second-order valence-corrected chi connectivity index (χ2v) is 10.2. The van der Waals surface area contributed by atoms with E-state index < -0.39 is 22.5 Å². The van der Waals surface area contributed by atoms with Crippen LogP contribution in [-0.4, -0.2) is 35.1 Å². The molecule has 0 saturated carbocycles. The van der Waals surface area contributed by atoms with Crippen LogP contribution in [0.2, 0.25) is 10.0 Å². The molecule has 1 N–H and O–H groups in total. The van der Waals surface area contributed by atoms with Crippen LogP contribution in [0.1, 0.15) is 11.1 Å². The van der Waals surface area contributed by atoms with E-state index in [-0.39, 0.29) is 26.4 Å². The first kappa shape index (κ1) is 25.7. The number of ether oxygens (including phenoxy) is 2. The average Bonchev–Trinajstić information content (AvgIpc) is 2.79. The van der Waals surface area contributed by atoms with Gasteiger partial charge in [0.05, 0.1) is 35.6 Å². The smallest absolute Gasteiger partial charge is 0.268 e. The zero-order chi connectivity index (χ0) is 25.0. The van der Waals surface area contributed by atoms with Crippen molar-refractivity contribution in [2.75, 3.05) is 30.4 Å². The highest BCUT2D eigenvalue weighted by Gasteiger charge is 2.31. The highest BCUT2D eigenvalue weighted by atomic mass is 35.5. The van der Waals surface area contributed by atoms with Gasteiger partial charge < -0.3 is 14.8 Å². The van der Waals surface area contributed by atoms with Gasteiger partial charge in [-0.1, -0.05) is 35.3 Å². The summed E-state index contributed by atoms with van der Waals surface area (Å²) in [7, 11) is -1.38. The van der Waals surface area contributed by atoms with E-state index in [1.807, 2.05) is 13.0 Å². The Hall–Kier alpha value is -2.94. The topological polar surface area (TPSA) is 84.9 Å². The lowest BCUT2D eigenvalue weighted by molar-refractivity contribution is -0.114. The molecule has 0 aliphatic rings. The third-order valence-electron chi connectivity index (χ3n) is 4.99. The number of hydrogen-bond acceptors (Lipinski definition) is 5. The third-order valence-corrected chi connectivity index (χ3v) is 7.53. The molecule has 3 aromatic carbocycles. The van der Waals surface area contributed by atoms with Crippen LogP contribution in [0, 0.1) is 13.8 Å². The highest BCUT2D eigenvalue weighted by Crippen LogP contribution is 2.34. The number of methoxy groups -OCH3 is 2. The quantitative estimate of drug-likeness (QED) is 0.424. The summed E-state index contributed by atoms with van der Waals surface area (Å²) >= 11 is 12.2. The largest absolute Gasteiger partial charge is 0.495 e. The number of halogens is 2. The molecule has 0 radical (unpaired) electrons. The molecule has 3 rings (SSSR count). The Bertz CT molecular complexity index is 1330. The molecular weight excluding hydrogens is 499 g/mol. The number of hydrogen-bond donors (Lipinski definition) is 1. The molecule has 7 nitrogen and oxygen atoms in total. The van der Waals surface area contributed by atoms with Crippen LogP contribution in [-0.2, 0) is 14.8 Å². The van der Waals surface area contributed by atoms with Crippen molar-refractivity contribution in [1.29, 1.82) is 0 Å². The van der Waals surface area contributed by atoms with Gasteiger partial charge in [-0.2, -0.15) is 0 Å². The lowest BCUT2D eigenvalue weighted by Gasteiger charge is -2.25. The van der Waals surface area contributed by atoms with Gasteiger partial charge in [0, 0.05) is 0 Å². The van der Waals surface area contributed by atoms with Gasteiger partial charge in [-0.25, -0.2) is 8.42 Å². The van der Waals surface area contributed by atoms with Crippen LogP contribution in [0.4, 0.5) is 11.4 Å². The Balaban J connectivity index is 2.06. The number of carbonyl (C=O) groups is 1. The maximum absolute atomic E-state index is 13.8. The van der Waals surface area contributed by atoms with Crippen LogP contribution >= 0.6 is 23.2 Å².